The van der Waals surface area contributed by atoms with Crippen molar-refractivity contribution in [1.29, 1.82) is 0 Å². The topological polar surface area (TPSA) is 39.7 Å². The molecule has 0 radical (unpaired) electrons. The van der Waals surface area contributed by atoms with E-state index in [2.05, 4.69) is 4.98 Å². The monoisotopic (exact) mass is 179 g/mol. The Hall–Kier alpha value is 0.0569. The van der Waals surface area contributed by atoms with E-state index in [1.807, 2.05) is 6.92 Å². The minimum absolute atomic E-state index is 0.130. The Morgan fingerprint density at radius 3 is 1.82 bits per heavy atom. The smallest absolute Gasteiger partial charge is 0.247 e. The van der Waals surface area contributed by atoms with Crippen molar-refractivity contribution < 1.29 is 14.2 Å². The summed E-state index contributed by atoms with van der Waals surface area (Å²) < 4.78 is 15.4. The largest absolute Gasteiger partial charge is 0.375 e. The molecule has 0 rings (SSSR count). The van der Waals surface area contributed by atoms with Gasteiger partial charge in [-0.3, -0.25) is 4.98 Å². The van der Waals surface area contributed by atoms with Gasteiger partial charge in [0.25, 0.3) is 0 Å². The van der Waals surface area contributed by atoms with Crippen LogP contribution in [0, 0.1) is 0 Å². The van der Waals surface area contributed by atoms with Crippen LogP contribution in [-0.2, 0) is 14.2 Å². The van der Waals surface area contributed by atoms with Gasteiger partial charge in [0.1, 0.15) is 6.10 Å². The molecule has 0 amide bonds. The molecule has 1 N–H and O–H groups in total. The molecule has 0 aliphatic carbocycles. The van der Waals surface area contributed by atoms with Crippen LogP contribution in [0.3, 0.4) is 0 Å². The van der Waals surface area contributed by atoms with Crippen molar-refractivity contribution in [3.05, 3.63) is 0 Å². The second kappa shape index (κ2) is 4.84. The zero-order chi connectivity index (χ0) is 8.91. The van der Waals surface area contributed by atoms with Crippen LogP contribution in [0.15, 0.2) is 0 Å². The highest BCUT2D eigenvalue weighted by atomic mass is 28.2. The maximum Gasteiger partial charge on any atom is 0.247 e. The number of rotatable bonds is 5. The zero-order valence-corrected chi connectivity index (χ0v) is 9.80. The highest BCUT2D eigenvalue weighted by Gasteiger charge is 2.34. The summed E-state index contributed by atoms with van der Waals surface area (Å²) in [4.78, 5) is 3.04. The molecule has 1 atom stereocenters. The number of hydrogen-bond donors (Lipinski definition) is 1. The van der Waals surface area contributed by atoms with Crippen LogP contribution < -0.4 is 4.98 Å². The quantitative estimate of drug-likeness (QED) is 0.427. The molecule has 0 saturated heterocycles. The predicted octanol–water partition coefficient (Wildman–Crippen LogP) is -1.16. The molecule has 0 heterocycles. The molecule has 0 aromatic heterocycles. The average molecular weight is 179 g/mol. The van der Waals surface area contributed by atoms with Gasteiger partial charge in [0.2, 0.25) is 5.91 Å². The maximum atomic E-state index is 5.17. The normalized spacial score (nSPS) is 15.3. The summed E-state index contributed by atoms with van der Waals surface area (Å²) in [6.45, 7) is 1.89. The van der Waals surface area contributed by atoms with E-state index in [0.29, 0.717) is 0 Å². The second-order valence-electron chi connectivity index (χ2n) is 2.20. The van der Waals surface area contributed by atoms with E-state index in [-0.39, 0.29) is 6.10 Å². The predicted molar refractivity (Wildman–Crippen MR) is 46.3 cm³/mol. The van der Waals surface area contributed by atoms with Crippen LogP contribution in [-0.4, -0.2) is 43.7 Å². The Labute approximate surface area is 70.7 Å². The first-order valence-corrected chi connectivity index (χ1v) is 4.48. The maximum absolute atomic E-state index is 5.17. The number of hydrogen-bond acceptors (Lipinski definition) is 4. The minimum Gasteiger partial charge on any atom is -0.375 e. The Balaban J connectivity index is 4.26. The van der Waals surface area contributed by atoms with Gasteiger partial charge < -0.3 is 14.2 Å². The van der Waals surface area contributed by atoms with Crippen molar-refractivity contribution in [2.75, 3.05) is 21.3 Å². The molecule has 0 aromatic carbocycles. The van der Waals surface area contributed by atoms with Crippen LogP contribution in [0.1, 0.15) is 6.92 Å². The van der Waals surface area contributed by atoms with Crippen molar-refractivity contribution in [2.24, 2.45) is 0 Å². The van der Waals surface area contributed by atoms with Gasteiger partial charge in [-0.05, 0) is 6.92 Å². The third kappa shape index (κ3) is 2.24. The van der Waals surface area contributed by atoms with Crippen LogP contribution in [0.2, 0.25) is 0 Å². The molecule has 0 bridgehead atoms. The molecular weight excluding hydrogens is 162 g/mol. The van der Waals surface area contributed by atoms with Crippen LogP contribution in [0.4, 0.5) is 0 Å². The second-order valence-corrected chi connectivity index (χ2v) is 2.70. The van der Waals surface area contributed by atoms with Crippen molar-refractivity contribution in [1.82, 2.24) is 4.98 Å². The zero-order valence-electron chi connectivity index (χ0n) is 7.80. The fourth-order valence-corrected chi connectivity index (χ4v) is 1.79. The number of ether oxygens (including phenoxy) is 3. The van der Waals surface area contributed by atoms with Gasteiger partial charge in [-0.25, -0.2) is 0 Å². The first kappa shape index (κ1) is 11.1. The lowest BCUT2D eigenvalue weighted by atomic mass is 10.3. The molecule has 0 fully saturated rings. The van der Waals surface area contributed by atoms with E-state index in [0.717, 1.165) is 10.4 Å². The highest BCUT2D eigenvalue weighted by Crippen LogP contribution is 2.13. The highest BCUT2D eigenvalue weighted by molar-refractivity contribution is 6.04. The third-order valence-corrected chi connectivity index (χ3v) is 2.54. The van der Waals surface area contributed by atoms with Crippen molar-refractivity contribution in [3.63, 3.8) is 0 Å². The summed E-state index contributed by atoms with van der Waals surface area (Å²) in [5, 5.41) is 0. The molecule has 0 spiro atoms. The molecule has 4 nitrogen and oxygen atoms in total. The average Bonchev–Trinajstić information content (AvgIpc) is 2.08. The van der Waals surface area contributed by atoms with Crippen molar-refractivity contribution >= 4 is 10.4 Å². The molecule has 0 aliphatic rings. The Kier molecular flexibility index (Phi) is 4.86. The molecule has 0 aromatic rings. The summed E-state index contributed by atoms with van der Waals surface area (Å²) >= 11 is 0. The minimum atomic E-state index is -0.777. The fourth-order valence-electron chi connectivity index (χ4n) is 0.978. The van der Waals surface area contributed by atoms with Gasteiger partial charge in [0, 0.05) is 21.3 Å². The molecule has 0 saturated carbocycles. The Morgan fingerprint density at radius 1 is 1.27 bits per heavy atom. The van der Waals surface area contributed by atoms with Gasteiger partial charge >= 0.3 is 0 Å². The first-order chi connectivity index (χ1) is 5.16. The van der Waals surface area contributed by atoms with E-state index in [4.69, 9.17) is 14.2 Å². The Bertz CT molecular complexity index is 99.7. The first-order valence-electron chi connectivity index (χ1n) is 3.48. The lowest BCUT2D eigenvalue weighted by Gasteiger charge is -2.34. The van der Waals surface area contributed by atoms with Crippen molar-refractivity contribution in [2.45, 2.75) is 18.9 Å². The van der Waals surface area contributed by atoms with Crippen LogP contribution in [0.25, 0.3) is 0 Å². The fraction of sp³-hybridized carbons (Fsp3) is 1.00. The number of nitrogens with one attached hydrogen (secondary N) is 1. The lowest BCUT2D eigenvalue weighted by Crippen LogP contribution is -2.56. The van der Waals surface area contributed by atoms with Crippen LogP contribution in [0.5, 0.6) is 0 Å². The van der Waals surface area contributed by atoms with E-state index >= 15 is 0 Å². The standard InChI is InChI=1S/C6H17NO3Si/c1-5(8-2)6(7-11,9-3)10-4/h5,7H,1-4,11H3. The van der Waals surface area contributed by atoms with Gasteiger partial charge in [-0.1, -0.05) is 0 Å². The van der Waals surface area contributed by atoms with Gasteiger partial charge in [0.15, 0.2) is 0 Å². The number of methoxy groups -OCH3 is 3. The molecule has 0 aliphatic heterocycles. The van der Waals surface area contributed by atoms with Crippen LogP contribution >= 0.6 is 0 Å². The van der Waals surface area contributed by atoms with E-state index in [9.17, 15) is 0 Å². The molecule has 68 valence electrons. The third-order valence-electron chi connectivity index (χ3n) is 1.84. The summed E-state index contributed by atoms with van der Waals surface area (Å²) in [6.07, 6.45) is -0.130. The summed E-state index contributed by atoms with van der Waals surface area (Å²) in [5.74, 6) is -0.777. The van der Waals surface area contributed by atoms with Crippen molar-refractivity contribution in [3.8, 4) is 0 Å². The lowest BCUT2D eigenvalue weighted by molar-refractivity contribution is -0.267. The summed E-state index contributed by atoms with van der Waals surface area (Å²) in [6, 6.07) is 0. The molecule has 1 unspecified atom stereocenters. The van der Waals surface area contributed by atoms with E-state index in [1.54, 1.807) is 21.3 Å². The van der Waals surface area contributed by atoms with Gasteiger partial charge in [-0.15, -0.1) is 0 Å². The SMILES string of the molecule is COC(C)C(N[SiH3])(OC)OC. The van der Waals surface area contributed by atoms with Gasteiger partial charge in [-0.2, -0.15) is 0 Å². The molecular formula is C6H17NO3Si. The summed E-state index contributed by atoms with van der Waals surface area (Å²) in [5.41, 5.74) is 0. The molecule has 11 heavy (non-hydrogen) atoms. The summed E-state index contributed by atoms with van der Waals surface area (Å²) in [7, 11) is 5.58. The van der Waals surface area contributed by atoms with E-state index in [1.165, 1.54) is 0 Å². The Morgan fingerprint density at radius 2 is 1.73 bits per heavy atom. The van der Waals surface area contributed by atoms with E-state index < -0.39 is 5.91 Å². The molecule has 5 heteroatoms. The van der Waals surface area contributed by atoms with Gasteiger partial charge in [0.05, 0.1) is 10.4 Å².